The van der Waals surface area contributed by atoms with Crippen LogP contribution in [-0.2, 0) is 16.1 Å². The second-order valence-corrected chi connectivity index (χ2v) is 5.88. The van der Waals surface area contributed by atoms with E-state index < -0.39 is 5.41 Å². The van der Waals surface area contributed by atoms with Crippen LogP contribution in [0.1, 0.15) is 29.9 Å². The Bertz CT molecular complexity index is 648. The first-order valence-electron chi connectivity index (χ1n) is 7.63. The van der Waals surface area contributed by atoms with Gasteiger partial charge in [-0.15, -0.1) is 6.58 Å². The van der Waals surface area contributed by atoms with Crippen LogP contribution >= 0.6 is 0 Å². The third-order valence-corrected chi connectivity index (χ3v) is 4.41. The van der Waals surface area contributed by atoms with E-state index in [2.05, 4.69) is 18.7 Å². The van der Waals surface area contributed by atoms with Crippen molar-refractivity contribution in [3.63, 3.8) is 0 Å². The van der Waals surface area contributed by atoms with Gasteiger partial charge in [-0.1, -0.05) is 66.7 Å². The lowest BCUT2D eigenvalue weighted by molar-refractivity contribution is -0.151. The lowest BCUT2D eigenvalue weighted by Gasteiger charge is -2.15. The Hall–Kier alpha value is -2.35. The molecule has 0 amide bonds. The van der Waals surface area contributed by atoms with Gasteiger partial charge in [-0.25, -0.2) is 0 Å². The maximum atomic E-state index is 12.6. The molecule has 0 heterocycles. The highest BCUT2D eigenvalue weighted by atomic mass is 16.5. The van der Waals surface area contributed by atoms with E-state index in [1.807, 2.05) is 54.6 Å². The first-order chi connectivity index (χ1) is 10.8. The number of carbonyl (C=O) groups excluding carboxylic acids is 1. The second-order valence-electron chi connectivity index (χ2n) is 5.88. The molecule has 0 aromatic heterocycles. The van der Waals surface area contributed by atoms with E-state index >= 15 is 0 Å². The Labute approximate surface area is 131 Å². The molecule has 1 saturated carbocycles. The summed E-state index contributed by atoms with van der Waals surface area (Å²) in [6.07, 6.45) is 3.34. The highest BCUT2D eigenvalue weighted by Crippen LogP contribution is 2.62. The van der Waals surface area contributed by atoms with Crippen molar-refractivity contribution in [3.05, 3.63) is 84.4 Å². The van der Waals surface area contributed by atoms with Crippen molar-refractivity contribution in [1.82, 2.24) is 0 Å². The molecule has 2 atom stereocenters. The molecule has 3 rings (SSSR count). The van der Waals surface area contributed by atoms with E-state index in [1.54, 1.807) is 0 Å². The molecule has 2 aromatic rings. The van der Waals surface area contributed by atoms with Crippen LogP contribution in [0.2, 0.25) is 0 Å². The Morgan fingerprint density at radius 3 is 2.41 bits per heavy atom. The largest absolute Gasteiger partial charge is 0.460 e. The predicted molar refractivity (Wildman–Crippen MR) is 87.3 cm³/mol. The van der Waals surface area contributed by atoms with Crippen LogP contribution in [-0.4, -0.2) is 5.97 Å². The molecule has 0 aliphatic heterocycles. The van der Waals surface area contributed by atoms with Crippen LogP contribution in [0.3, 0.4) is 0 Å². The Balaban J connectivity index is 1.70. The zero-order valence-electron chi connectivity index (χ0n) is 12.6. The number of benzene rings is 2. The van der Waals surface area contributed by atoms with Crippen LogP contribution in [0.15, 0.2) is 73.3 Å². The molecule has 0 radical (unpaired) electrons. The molecule has 0 bridgehead atoms. The molecule has 2 nitrogen and oxygen atoms in total. The molecule has 1 aliphatic rings. The highest BCUT2D eigenvalue weighted by Gasteiger charge is 2.60. The van der Waals surface area contributed by atoms with Gasteiger partial charge in [0, 0.05) is 5.92 Å². The molecular formula is C20H20O2. The van der Waals surface area contributed by atoms with E-state index in [0.29, 0.717) is 13.0 Å². The molecule has 0 spiro atoms. The number of esters is 1. The lowest BCUT2D eigenvalue weighted by atomic mass is 9.95. The minimum atomic E-state index is -0.419. The van der Waals surface area contributed by atoms with Gasteiger partial charge >= 0.3 is 5.97 Å². The average molecular weight is 292 g/mol. The summed E-state index contributed by atoms with van der Waals surface area (Å²) in [5.41, 5.74) is 1.81. The number of hydrogen-bond acceptors (Lipinski definition) is 2. The van der Waals surface area contributed by atoms with Crippen LogP contribution in [0, 0.1) is 5.41 Å². The summed E-state index contributed by atoms with van der Waals surface area (Å²) in [6.45, 7) is 4.14. The topological polar surface area (TPSA) is 26.3 Å². The molecule has 1 fully saturated rings. The van der Waals surface area contributed by atoms with Crippen molar-refractivity contribution in [2.45, 2.75) is 25.4 Å². The molecular weight excluding hydrogens is 272 g/mol. The Morgan fingerprint density at radius 1 is 1.14 bits per heavy atom. The van der Waals surface area contributed by atoms with Crippen molar-refractivity contribution >= 4 is 5.97 Å². The van der Waals surface area contributed by atoms with E-state index in [4.69, 9.17) is 4.74 Å². The fourth-order valence-electron chi connectivity index (χ4n) is 3.09. The van der Waals surface area contributed by atoms with Gasteiger partial charge in [-0.3, -0.25) is 4.79 Å². The zero-order chi connectivity index (χ0) is 15.4. The third-order valence-electron chi connectivity index (χ3n) is 4.41. The molecule has 0 N–H and O–H groups in total. The SMILES string of the molecule is C=CC[C@@]1(C(=O)OCc2ccccc2)CC1c1ccccc1. The van der Waals surface area contributed by atoms with Crippen molar-refractivity contribution in [3.8, 4) is 0 Å². The van der Waals surface area contributed by atoms with Gasteiger partial charge in [0.25, 0.3) is 0 Å². The molecule has 1 aliphatic carbocycles. The van der Waals surface area contributed by atoms with E-state index in [1.165, 1.54) is 5.56 Å². The van der Waals surface area contributed by atoms with Crippen molar-refractivity contribution in [2.24, 2.45) is 5.41 Å². The molecule has 1 unspecified atom stereocenters. The number of rotatable bonds is 6. The molecule has 2 aromatic carbocycles. The van der Waals surface area contributed by atoms with Gasteiger partial charge in [0.15, 0.2) is 0 Å². The Kier molecular flexibility index (Phi) is 4.10. The highest BCUT2D eigenvalue weighted by molar-refractivity contribution is 5.82. The van der Waals surface area contributed by atoms with Crippen LogP contribution < -0.4 is 0 Å². The van der Waals surface area contributed by atoms with Gasteiger partial charge < -0.3 is 4.74 Å². The number of allylic oxidation sites excluding steroid dienone is 1. The molecule has 2 heteroatoms. The summed E-state index contributed by atoms with van der Waals surface area (Å²) >= 11 is 0. The number of hydrogen-bond donors (Lipinski definition) is 0. The zero-order valence-corrected chi connectivity index (χ0v) is 12.6. The fraction of sp³-hybridized carbons (Fsp3) is 0.250. The summed E-state index contributed by atoms with van der Waals surface area (Å²) < 4.78 is 5.57. The number of carbonyl (C=O) groups is 1. The van der Waals surface area contributed by atoms with Crippen molar-refractivity contribution in [2.75, 3.05) is 0 Å². The van der Waals surface area contributed by atoms with Gasteiger partial charge in [0.1, 0.15) is 6.61 Å². The molecule has 22 heavy (non-hydrogen) atoms. The normalized spacial score (nSPS) is 22.8. The summed E-state index contributed by atoms with van der Waals surface area (Å²) in [6, 6.07) is 20.0. The predicted octanol–water partition coefficient (Wildman–Crippen LogP) is 4.48. The minimum Gasteiger partial charge on any atom is -0.460 e. The third kappa shape index (κ3) is 2.82. The monoisotopic (exact) mass is 292 g/mol. The second kappa shape index (κ2) is 6.18. The lowest BCUT2D eigenvalue weighted by Crippen LogP contribution is -2.20. The van der Waals surface area contributed by atoms with Gasteiger partial charge in [0.05, 0.1) is 5.41 Å². The van der Waals surface area contributed by atoms with E-state index in [0.717, 1.165) is 12.0 Å². The maximum Gasteiger partial charge on any atom is 0.313 e. The average Bonchev–Trinajstić information content (AvgIpc) is 3.30. The fourth-order valence-corrected chi connectivity index (χ4v) is 3.09. The first-order valence-corrected chi connectivity index (χ1v) is 7.63. The van der Waals surface area contributed by atoms with Gasteiger partial charge in [-0.05, 0) is 24.0 Å². The smallest absolute Gasteiger partial charge is 0.313 e. The standard InChI is InChI=1S/C20H20O2/c1-2-13-20(14-18(20)17-11-7-4-8-12-17)19(21)22-15-16-9-5-3-6-10-16/h2-12,18H,1,13-15H2/t18?,20-/m1/s1. The van der Waals surface area contributed by atoms with Crippen molar-refractivity contribution < 1.29 is 9.53 Å². The van der Waals surface area contributed by atoms with E-state index in [-0.39, 0.29) is 11.9 Å². The van der Waals surface area contributed by atoms with Crippen LogP contribution in [0.5, 0.6) is 0 Å². The van der Waals surface area contributed by atoms with Crippen LogP contribution in [0.4, 0.5) is 0 Å². The summed E-state index contributed by atoms with van der Waals surface area (Å²) in [5, 5.41) is 0. The van der Waals surface area contributed by atoms with Crippen LogP contribution in [0.25, 0.3) is 0 Å². The summed E-state index contributed by atoms with van der Waals surface area (Å²) in [4.78, 5) is 12.6. The summed E-state index contributed by atoms with van der Waals surface area (Å²) in [5.74, 6) is 0.139. The molecule has 112 valence electrons. The van der Waals surface area contributed by atoms with Gasteiger partial charge in [0.2, 0.25) is 0 Å². The van der Waals surface area contributed by atoms with E-state index in [9.17, 15) is 4.79 Å². The summed E-state index contributed by atoms with van der Waals surface area (Å²) in [7, 11) is 0. The molecule has 0 saturated heterocycles. The minimum absolute atomic E-state index is 0.106. The maximum absolute atomic E-state index is 12.6. The van der Waals surface area contributed by atoms with Crippen molar-refractivity contribution in [1.29, 1.82) is 0 Å². The van der Waals surface area contributed by atoms with Gasteiger partial charge in [-0.2, -0.15) is 0 Å². The number of ether oxygens (including phenoxy) is 1. The Morgan fingerprint density at radius 2 is 1.77 bits per heavy atom. The quantitative estimate of drug-likeness (QED) is 0.579. The first kappa shape index (κ1) is 14.6.